The fourth-order valence-corrected chi connectivity index (χ4v) is 5.83. The number of hydrogen-bond acceptors (Lipinski definition) is 6. The van der Waals surface area contributed by atoms with Crippen LogP contribution in [0.2, 0.25) is 0 Å². The lowest BCUT2D eigenvalue weighted by Crippen LogP contribution is -2.13. The van der Waals surface area contributed by atoms with Gasteiger partial charge in [0.2, 0.25) is 0 Å². The van der Waals surface area contributed by atoms with Crippen molar-refractivity contribution in [3.05, 3.63) is 289 Å². The van der Waals surface area contributed by atoms with Crippen LogP contribution < -0.4 is 0 Å². The Kier molecular flexibility index (Phi) is 30.1. The fourth-order valence-electron chi connectivity index (χ4n) is 5.83. The smallest absolute Gasteiger partial charge is 0.258 e. The molecule has 0 saturated carbocycles. The third-order valence-electron chi connectivity index (χ3n) is 11.4. The molecule has 0 amide bonds. The van der Waals surface area contributed by atoms with E-state index >= 15 is 0 Å². The molecule has 92 heavy (non-hydrogen) atoms. The van der Waals surface area contributed by atoms with Crippen LogP contribution >= 0.6 is 0 Å². The van der Waals surface area contributed by atoms with Gasteiger partial charge < -0.3 is 0 Å². The maximum atomic E-state index is 12.8. The molecule has 0 radical (unpaired) electrons. The highest BCUT2D eigenvalue weighted by atomic mass is 19.4. The molecule has 0 unspecified atom stereocenters. The lowest BCUT2D eigenvalue weighted by Gasteiger charge is -2.10. The summed E-state index contributed by atoms with van der Waals surface area (Å²) in [7, 11) is 0. The molecule has 0 heterocycles. The van der Waals surface area contributed by atoms with Gasteiger partial charge in [-0.15, -0.1) is 0 Å². The molecule has 8 rings (SSSR count). The van der Waals surface area contributed by atoms with E-state index in [-0.39, 0.29) is 52.0 Å². The van der Waals surface area contributed by atoms with Crippen molar-refractivity contribution in [3.63, 3.8) is 0 Å². The predicted octanol–water partition coefficient (Wildman–Crippen LogP) is 20.1. The van der Waals surface area contributed by atoms with Gasteiger partial charge in [-0.3, -0.25) is 20.2 Å². The SMILES string of the molecule is Cc1c(F)cc(C#N)cc1F.Cc1c(F)cc(C(F)(F)F)cc1F.Cc1c(F)cc(F)c(C(F)(F)F)c1F.Cc1c(F)cc(F)c(F)c1F.Cc1c(F)cc(F)cc1F.Cc1c(F)cc([N+](=O)[O-])cc1F.Cc1ccc(C#N)cc1F.Cc1ccc([N+](=O)[O-])cc1F. The summed E-state index contributed by atoms with van der Waals surface area (Å²) >= 11 is 0. The summed E-state index contributed by atoms with van der Waals surface area (Å²) in [5, 5.41) is 36.8. The Bertz CT molecular complexity index is 3930. The largest absolute Gasteiger partial charge is 0.422 e. The fraction of sp³-hybridized carbons (Fsp3) is 0.167. The number of alkyl halides is 6. The average Bonchev–Trinajstić information content (AvgIpc) is 0.840. The minimum Gasteiger partial charge on any atom is -0.258 e. The zero-order valence-corrected chi connectivity index (χ0v) is 47.7. The van der Waals surface area contributed by atoms with Crippen molar-refractivity contribution < 1.29 is 115 Å². The van der Waals surface area contributed by atoms with Crippen molar-refractivity contribution >= 4 is 11.4 Å². The number of hydrogen-bond donors (Lipinski definition) is 0. The molecule has 32 heteroatoms. The molecule has 0 bridgehead atoms. The van der Waals surface area contributed by atoms with Gasteiger partial charge in [-0.2, -0.15) is 36.9 Å². The molecule has 8 aromatic rings. The second kappa shape index (κ2) is 34.7. The Hall–Kier alpha value is -10.1. The molecule has 8 aromatic carbocycles. The lowest BCUT2D eigenvalue weighted by molar-refractivity contribution is -0.385. The summed E-state index contributed by atoms with van der Waals surface area (Å²) in [4.78, 5) is 18.7. The molecule has 0 saturated heterocycles. The van der Waals surface area contributed by atoms with Crippen molar-refractivity contribution in [3.8, 4) is 12.1 Å². The topological polar surface area (TPSA) is 134 Å². The van der Waals surface area contributed by atoms with Crippen LogP contribution in [-0.2, 0) is 12.4 Å². The number of nitro benzene ring substituents is 2. The summed E-state index contributed by atoms with van der Waals surface area (Å²) in [5.74, 6) is -19.9. The first-order valence-electron chi connectivity index (χ1n) is 24.4. The summed E-state index contributed by atoms with van der Waals surface area (Å²) in [6, 6.07) is 17.1. The zero-order chi connectivity index (χ0) is 71.4. The first kappa shape index (κ1) is 79.9. The lowest BCUT2D eigenvalue weighted by atomic mass is 10.1. The van der Waals surface area contributed by atoms with E-state index in [0.717, 1.165) is 39.0 Å². The van der Waals surface area contributed by atoms with Crippen LogP contribution in [0.15, 0.2) is 97.1 Å². The summed E-state index contributed by atoms with van der Waals surface area (Å²) in [6.07, 6.45) is -9.87. The normalized spacial score (nSPS) is 10.3. The molecule has 0 fully saturated rings. The Morgan fingerprint density at radius 3 is 1.00 bits per heavy atom. The predicted molar refractivity (Wildman–Crippen MR) is 281 cm³/mol. The van der Waals surface area contributed by atoms with Crippen LogP contribution in [0.3, 0.4) is 0 Å². The summed E-state index contributed by atoms with van der Waals surface area (Å²) in [5.41, 5.74) is -4.99. The summed E-state index contributed by atoms with van der Waals surface area (Å²) in [6.45, 7) is 9.93. The van der Waals surface area contributed by atoms with Crippen LogP contribution in [0.1, 0.15) is 66.8 Å². The van der Waals surface area contributed by atoms with E-state index in [1.54, 1.807) is 32.0 Å². The zero-order valence-electron chi connectivity index (χ0n) is 47.7. The molecule has 0 aromatic heterocycles. The average molecular weight is 1340 g/mol. The van der Waals surface area contributed by atoms with Crippen LogP contribution in [0.25, 0.3) is 0 Å². The molecule has 0 aliphatic rings. The monoisotopic (exact) mass is 1340 g/mol. The Labute approximate surface area is 504 Å². The molecular weight excluding hydrogens is 1300 g/mol. The van der Waals surface area contributed by atoms with E-state index in [4.69, 9.17) is 10.5 Å². The minimum atomic E-state index is -5.16. The van der Waals surface area contributed by atoms with Crippen molar-refractivity contribution in [1.29, 1.82) is 10.5 Å². The second-order valence-corrected chi connectivity index (χ2v) is 18.0. The van der Waals surface area contributed by atoms with E-state index in [9.17, 15) is 126 Å². The molecular formula is C60H40F24N4O4. The van der Waals surface area contributed by atoms with Crippen LogP contribution in [0.5, 0.6) is 0 Å². The third kappa shape index (κ3) is 24.0. The maximum absolute atomic E-state index is 12.8. The van der Waals surface area contributed by atoms with E-state index in [2.05, 4.69) is 0 Å². The number of benzene rings is 8. The molecule has 0 atom stereocenters. The number of rotatable bonds is 2. The number of non-ortho nitro benzene ring substituents is 2. The Morgan fingerprint density at radius 2 is 0.641 bits per heavy atom. The molecule has 492 valence electrons. The van der Waals surface area contributed by atoms with Crippen LogP contribution in [0.4, 0.5) is 117 Å². The first-order valence-corrected chi connectivity index (χ1v) is 24.4. The van der Waals surface area contributed by atoms with Gasteiger partial charge in [0.1, 0.15) is 92.8 Å². The number of nitriles is 2. The number of halogens is 24. The molecule has 0 aliphatic heterocycles. The van der Waals surface area contributed by atoms with Gasteiger partial charge in [-0.25, -0.2) is 79.0 Å². The molecule has 0 aliphatic carbocycles. The summed E-state index contributed by atoms with van der Waals surface area (Å²) < 4.78 is 297. The highest BCUT2D eigenvalue weighted by molar-refractivity contribution is 5.37. The maximum Gasteiger partial charge on any atom is 0.422 e. The van der Waals surface area contributed by atoms with Gasteiger partial charge in [-0.1, -0.05) is 6.07 Å². The highest BCUT2D eigenvalue weighted by Gasteiger charge is 2.39. The Morgan fingerprint density at radius 1 is 0.326 bits per heavy atom. The number of nitro groups is 2. The third-order valence-corrected chi connectivity index (χ3v) is 11.4. The van der Waals surface area contributed by atoms with E-state index in [1.807, 2.05) is 6.07 Å². The first-order chi connectivity index (χ1) is 42.2. The van der Waals surface area contributed by atoms with Gasteiger partial charge in [0.05, 0.1) is 56.9 Å². The van der Waals surface area contributed by atoms with Crippen LogP contribution in [-0.4, -0.2) is 9.85 Å². The standard InChI is InChI=1S/C8H4F6.C8H5F5.C8H5F2N.C8H6FN.C7H4F4.C7H5F3.C7H5F2NO2.C7H6FNO2/c1-3-4(9)2-5(10)6(7(3)11)8(12,13)14;1-4-6(9)2-5(3-7(4)10)8(11,12)13;1-5-7(9)2-6(4-11)3-8(5)10;1-6-2-3-7(5-10)4-8(6)9;1-3-4(8)2-5(9)7(11)6(3)10;1-4-6(9)2-5(8)3-7(4)10;1-4-6(8)2-5(10(11)12)3-7(4)9;1-5-2-3-6(9(10)11)4-7(5)8/h2H,1H3;2-3H,1H3;2-3H,1H3;2-4H,1H3;2H,1H3;2-3H,1H3;2-3H,1H3;2-4H,1H3. The van der Waals surface area contributed by atoms with E-state index < -0.39 is 155 Å². The van der Waals surface area contributed by atoms with Crippen molar-refractivity contribution in [2.45, 2.75) is 67.7 Å². The molecule has 0 N–H and O–H groups in total. The van der Waals surface area contributed by atoms with Gasteiger partial charge in [0, 0.05) is 63.7 Å². The molecule has 0 spiro atoms. The Balaban J connectivity index is 0.000000527. The van der Waals surface area contributed by atoms with Crippen molar-refractivity contribution in [1.82, 2.24) is 0 Å². The molecule has 8 nitrogen and oxygen atoms in total. The minimum absolute atomic E-state index is 0.00519. The second-order valence-electron chi connectivity index (χ2n) is 18.0. The van der Waals surface area contributed by atoms with Gasteiger partial charge in [0.25, 0.3) is 11.4 Å². The highest BCUT2D eigenvalue weighted by Crippen LogP contribution is 2.36. The number of aryl methyl sites for hydroxylation is 2. The van der Waals surface area contributed by atoms with Crippen LogP contribution in [0, 0.1) is 203 Å². The van der Waals surface area contributed by atoms with Gasteiger partial charge >= 0.3 is 12.4 Å². The number of nitrogens with zero attached hydrogens (tertiary/aromatic N) is 4. The van der Waals surface area contributed by atoms with Gasteiger partial charge in [-0.05, 0) is 109 Å². The van der Waals surface area contributed by atoms with E-state index in [1.165, 1.54) is 39.0 Å². The van der Waals surface area contributed by atoms with Gasteiger partial charge in [0.15, 0.2) is 17.5 Å². The van der Waals surface area contributed by atoms with Crippen molar-refractivity contribution in [2.24, 2.45) is 0 Å². The quantitative estimate of drug-likeness (QED) is 0.0556. The van der Waals surface area contributed by atoms with E-state index in [0.29, 0.717) is 47.0 Å². The van der Waals surface area contributed by atoms with Crippen molar-refractivity contribution in [2.75, 3.05) is 0 Å².